The zero-order chi connectivity index (χ0) is 17.8. The Kier molecular flexibility index (Phi) is 4.75. The normalized spacial score (nSPS) is 11.0. The van der Waals surface area contributed by atoms with E-state index in [-0.39, 0.29) is 11.5 Å². The molecule has 2 aromatic carbocycles. The van der Waals surface area contributed by atoms with Gasteiger partial charge in [0.15, 0.2) is 17.1 Å². The van der Waals surface area contributed by atoms with E-state index in [1.165, 1.54) is 6.08 Å². The van der Waals surface area contributed by atoms with Crippen molar-refractivity contribution >= 4 is 22.8 Å². The topological polar surface area (TPSA) is 57.9 Å². The van der Waals surface area contributed by atoms with Gasteiger partial charge in [0.1, 0.15) is 11.5 Å². The van der Waals surface area contributed by atoms with Crippen molar-refractivity contribution < 1.29 is 23.4 Å². The molecule has 3 aromatic rings. The predicted octanol–water partition coefficient (Wildman–Crippen LogP) is 4.35. The maximum atomic E-state index is 12.4. The van der Waals surface area contributed by atoms with Gasteiger partial charge < -0.3 is 18.6 Å². The van der Waals surface area contributed by atoms with Gasteiger partial charge in [-0.3, -0.25) is 4.79 Å². The number of para-hydroxylation sites is 1. The molecule has 1 heterocycles. The van der Waals surface area contributed by atoms with Crippen LogP contribution in [-0.2, 0) is 0 Å². The van der Waals surface area contributed by atoms with E-state index in [4.69, 9.17) is 18.6 Å². The number of fused-ring (bicyclic) bond motifs is 1. The number of ketones is 1. The molecule has 0 amide bonds. The van der Waals surface area contributed by atoms with E-state index in [2.05, 4.69) is 0 Å². The number of allylic oxidation sites excluding steroid dienone is 1. The first kappa shape index (κ1) is 16.6. The number of methoxy groups -OCH3 is 3. The van der Waals surface area contributed by atoms with Crippen LogP contribution >= 0.6 is 0 Å². The van der Waals surface area contributed by atoms with Crippen LogP contribution in [0.3, 0.4) is 0 Å². The number of furan rings is 1. The third-order valence-corrected chi connectivity index (χ3v) is 3.83. The minimum absolute atomic E-state index is 0.240. The fraction of sp³-hybridized carbons (Fsp3) is 0.150. The van der Waals surface area contributed by atoms with Crippen LogP contribution in [0.1, 0.15) is 16.1 Å². The Bertz CT molecular complexity index is 936. The molecule has 5 nitrogen and oxygen atoms in total. The SMILES string of the molecule is COc1ccc(C=CC(=O)c2cc3cccc(OC)c3o2)c(OC)c1. The van der Waals surface area contributed by atoms with Gasteiger partial charge in [-0.2, -0.15) is 0 Å². The molecule has 128 valence electrons. The molecule has 0 aliphatic heterocycles. The molecule has 5 heteroatoms. The lowest BCUT2D eigenvalue weighted by molar-refractivity contribution is 0.102. The highest BCUT2D eigenvalue weighted by atomic mass is 16.5. The van der Waals surface area contributed by atoms with E-state index in [0.29, 0.717) is 22.8 Å². The molecule has 0 spiro atoms. The zero-order valence-corrected chi connectivity index (χ0v) is 14.2. The van der Waals surface area contributed by atoms with Crippen molar-refractivity contribution in [2.75, 3.05) is 21.3 Å². The molecule has 0 N–H and O–H groups in total. The number of ether oxygens (including phenoxy) is 3. The summed E-state index contributed by atoms with van der Waals surface area (Å²) in [6, 6.07) is 12.6. The number of hydrogen-bond acceptors (Lipinski definition) is 5. The van der Waals surface area contributed by atoms with Crippen LogP contribution in [0, 0.1) is 0 Å². The van der Waals surface area contributed by atoms with Crippen molar-refractivity contribution in [3.63, 3.8) is 0 Å². The summed E-state index contributed by atoms with van der Waals surface area (Å²) in [4.78, 5) is 12.4. The maximum absolute atomic E-state index is 12.4. The Morgan fingerprint density at radius 1 is 0.960 bits per heavy atom. The Hall–Kier alpha value is -3.21. The Morgan fingerprint density at radius 3 is 2.48 bits per heavy atom. The van der Waals surface area contributed by atoms with Crippen LogP contribution < -0.4 is 14.2 Å². The van der Waals surface area contributed by atoms with E-state index in [1.54, 1.807) is 51.7 Å². The summed E-state index contributed by atoms with van der Waals surface area (Å²) in [6.07, 6.45) is 3.14. The van der Waals surface area contributed by atoms with Gasteiger partial charge in [0.25, 0.3) is 0 Å². The molecule has 25 heavy (non-hydrogen) atoms. The molecule has 0 atom stereocenters. The third-order valence-electron chi connectivity index (χ3n) is 3.83. The molecule has 0 radical (unpaired) electrons. The highest BCUT2D eigenvalue weighted by molar-refractivity contribution is 6.07. The third kappa shape index (κ3) is 3.35. The monoisotopic (exact) mass is 338 g/mol. The van der Waals surface area contributed by atoms with Crippen LogP contribution in [0.2, 0.25) is 0 Å². The number of benzene rings is 2. The molecule has 0 bridgehead atoms. The molecule has 1 aromatic heterocycles. The summed E-state index contributed by atoms with van der Waals surface area (Å²) in [5.41, 5.74) is 1.33. The molecular weight excluding hydrogens is 320 g/mol. The predicted molar refractivity (Wildman–Crippen MR) is 95.7 cm³/mol. The Labute approximate surface area is 145 Å². The molecule has 0 fully saturated rings. The van der Waals surface area contributed by atoms with Crippen LogP contribution in [0.5, 0.6) is 17.2 Å². The minimum atomic E-state index is -0.240. The highest BCUT2D eigenvalue weighted by Gasteiger charge is 2.13. The smallest absolute Gasteiger partial charge is 0.221 e. The van der Waals surface area contributed by atoms with Crippen LogP contribution in [0.15, 0.2) is 53.0 Å². The zero-order valence-electron chi connectivity index (χ0n) is 14.2. The fourth-order valence-electron chi connectivity index (χ4n) is 2.52. The van der Waals surface area contributed by atoms with Gasteiger partial charge in [-0.15, -0.1) is 0 Å². The lowest BCUT2D eigenvalue weighted by atomic mass is 10.1. The van der Waals surface area contributed by atoms with Crippen molar-refractivity contribution in [1.29, 1.82) is 0 Å². The molecule has 0 saturated heterocycles. The average Bonchev–Trinajstić information content (AvgIpc) is 3.10. The quantitative estimate of drug-likeness (QED) is 0.494. The fourth-order valence-corrected chi connectivity index (χ4v) is 2.52. The highest BCUT2D eigenvalue weighted by Crippen LogP contribution is 2.29. The van der Waals surface area contributed by atoms with Gasteiger partial charge in [-0.1, -0.05) is 12.1 Å². The van der Waals surface area contributed by atoms with Crippen molar-refractivity contribution in [3.8, 4) is 17.2 Å². The Morgan fingerprint density at radius 2 is 1.76 bits per heavy atom. The van der Waals surface area contributed by atoms with Crippen molar-refractivity contribution in [2.45, 2.75) is 0 Å². The molecule has 0 saturated carbocycles. The maximum Gasteiger partial charge on any atom is 0.221 e. The van der Waals surface area contributed by atoms with Crippen LogP contribution in [0.25, 0.3) is 17.0 Å². The van der Waals surface area contributed by atoms with E-state index in [9.17, 15) is 4.79 Å². The van der Waals surface area contributed by atoms with Gasteiger partial charge in [0.05, 0.1) is 21.3 Å². The summed E-state index contributed by atoms with van der Waals surface area (Å²) in [7, 11) is 4.72. The van der Waals surface area contributed by atoms with E-state index < -0.39 is 0 Å². The lowest BCUT2D eigenvalue weighted by Crippen LogP contribution is -1.92. The second kappa shape index (κ2) is 7.13. The largest absolute Gasteiger partial charge is 0.497 e. The van der Waals surface area contributed by atoms with E-state index >= 15 is 0 Å². The summed E-state index contributed by atoms with van der Waals surface area (Å²) in [5.74, 6) is 1.91. The summed E-state index contributed by atoms with van der Waals surface area (Å²) in [5, 5.41) is 0.818. The lowest BCUT2D eigenvalue weighted by Gasteiger charge is -2.06. The van der Waals surface area contributed by atoms with Gasteiger partial charge in [-0.05, 0) is 36.4 Å². The number of hydrogen-bond donors (Lipinski definition) is 0. The summed E-state index contributed by atoms with van der Waals surface area (Å²) >= 11 is 0. The standard InChI is InChI=1S/C20H18O5/c1-22-15-9-7-13(18(12-15)24-3)8-10-16(21)19-11-14-5-4-6-17(23-2)20(14)25-19/h4-12H,1-3H3. The molecular formula is C20H18O5. The van der Waals surface area contributed by atoms with Gasteiger partial charge >= 0.3 is 0 Å². The van der Waals surface area contributed by atoms with E-state index in [0.717, 1.165) is 10.9 Å². The summed E-state index contributed by atoms with van der Waals surface area (Å²) in [6.45, 7) is 0. The van der Waals surface area contributed by atoms with Crippen molar-refractivity contribution in [2.24, 2.45) is 0 Å². The Balaban J connectivity index is 1.88. The number of rotatable bonds is 6. The van der Waals surface area contributed by atoms with Crippen LogP contribution in [-0.4, -0.2) is 27.1 Å². The number of carbonyl (C=O) groups excluding carboxylic acids is 1. The van der Waals surface area contributed by atoms with Crippen LogP contribution in [0.4, 0.5) is 0 Å². The second-order valence-corrected chi connectivity index (χ2v) is 5.29. The second-order valence-electron chi connectivity index (χ2n) is 5.29. The van der Waals surface area contributed by atoms with Gasteiger partial charge in [0.2, 0.25) is 5.78 Å². The number of carbonyl (C=O) groups is 1. The van der Waals surface area contributed by atoms with E-state index in [1.807, 2.05) is 18.2 Å². The van der Waals surface area contributed by atoms with Crippen molar-refractivity contribution in [1.82, 2.24) is 0 Å². The van der Waals surface area contributed by atoms with Gasteiger partial charge in [0, 0.05) is 17.0 Å². The first-order valence-corrected chi connectivity index (χ1v) is 7.67. The van der Waals surface area contributed by atoms with Gasteiger partial charge in [-0.25, -0.2) is 0 Å². The molecule has 0 aliphatic rings. The molecule has 0 aliphatic carbocycles. The van der Waals surface area contributed by atoms with Crippen molar-refractivity contribution in [3.05, 3.63) is 59.9 Å². The summed E-state index contributed by atoms with van der Waals surface area (Å²) < 4.78 is 21.4. The minimum Gasteiger partial charge on any atom is -0.497 e. The molecule has 0 unspecified atom stereocenters. The molecule has 3 rings (SSSR count). The first-order chi connectivity index (χ1) is 12.2. The first-order valence-electron chi connectivity index (χ1n) is 7.67. The average molecular weight is 338 g/mol.